The molecule has 0 amide bonds. The molecule has 0 bridgehead atoms. The summed E-state index contributed by atoms with van der Waals surface area (Å²) in [5.41, 5.74) is 9.37. The summed E-state index contributed by atoms with van der Waals surface area (Å²) in [6.07, 6.45) is -9.48. The van der Waals surface area contributed by atoms with Crippen molar-refractivity contribution in [1.82, 2.24) is 8.61 Å². The minimum atomic E-state index is -3.42. The largest absolute Gasteiger partial charge is 0.394 e. The lowest BCUT2D eigenvalue weighted by atomic mass is 9.71. The molecule has 7 aliphatic rings. The van der Waals surface area contributed by atoms with Crippen LogP contribution in [0.2, 0.25) is 0 Å². The number of aliphatic hydroxyl groups excluding tert-OH is 12. The van der Waals surface area contributed by atoms with Crippen molar-refractivity contribution in [2.45, 2.75) is 135 Å². The first-order valence-electron chi connectivity index (χ1n) is 27.4. The van der Waals surface area contributed by atoms with E-state index in [1.54, 1.807) is 16.4 Å². The molecule has 11 rings (SSSR count). The highest BCUT2D eigenvalue weighted by molar-refractivity contribution is 14.0. The average molecular weight is 1490 g/mol. The number of rotatable bonds is 5. The number of sulfonamides is 2. The van der Waals surface area contributed by atoms with E-state index in [9.17, 15) is 73.0 Å². The van der Waals surface area contributed by atoms with Crippen molar-refractivity contribution < 1.29 is 92.3 Å². The lowest BCUT2D eigenvalue weighted by molar-refractivity contribution is -0.214. The first kappa shape index (κ1) is 70.9. The maximum absolute atomic E-state index is 12.4. The smallest absolute Gasteiger partial charge is 0.211 e. The monoisotopic (exact) mass is 1490 g/mol. The highest BCUT2D eigenvalue weighted by Gasteiger charge is 2.50. The molecule has 0 saturated carbocycles. The molecule has 15 atom stereocenters. The molecule has 474 valence electrons. The van der Waals surface area contributed by atoms with Crippen LogP contribution in [0.5, 0.6) is 0 Å². The van der Waals surface area contributed by atoms with Crippen molar-refractivity contribution in [3.63, 3.8) is 0 Å². The zero-order chi connectivity index (χ0) is 61.7. The Morgan fingerprint density at radius 3 is 1.07 bits per heavy atom. The van der Waals surface area contributed by atoms with Gasteiger partial charge in [-0.25, -0.2) is 25.4 Å². The predicted octanol–water partition coefficient (Wildman–Crippen LogP) is 0.646. The molecule has 4 aromatic carbocycles. The molecule has 21 nitrogen and oxygen atoms in total. The zero-order valence-corrected chi connectivity index (χ0v) is 53.7. The topological polar surface area (TPSA) is 345 Å². The molecular weight excluding hydrogens is 1420 g/mol. The summed E-state index contributed by atoms with van der Waals surface area (Å²) in [5, 5.41) is 117. The van der Waals surface area contributed by atoms with Crippen LogP contribution in [0.4, 0.5) is 0 Å². The van der Waals surface area contributed by atoms with Gasteiger partial charge in [-0.05, 0) is 119 Å². The minimum absolute atomic E-state index is 0. The molecule has 4 aromatic rings. The Hall–Kier alpha value is -3.53. The number of aliphatic hydroxyl groups is 12. The van der Waals surface area contributed by atoms with Gasteiger partial charge in [-0.2, -0.15) is 0 Å². The van der Waals surface area contributed by atoms with Crippen molar-refractivity contribution in [2.75, 3.05) is 58.5 Å². The SMILES string of the molecule is C.C#C[C@H]1O[C@H](CO)[C@@H](O)[C@H](O)[C@@H]1O.CS(=O)(=O)N1CCC2(CC1)c1cc(Br)ccc1-c1ccc(Br)cc12.CS(=O)(=O)N1CCC2(CC1)c1cc(C#C[C@H]3O[C@H](CO)[C@@H](O)[C@H](O)[C@@H]3O)ccc1-c1ccc(C#C[C@H]3O[C@H](CO)[C@@H](O)[C@H](O)[C@@H]3O)cc12.I. The second kappa shape index (κ2) is 28.5. The van der Waals surface area contributed by atoms with Crippen molar-refractivity contribution in [3.05, 3.63) is 115 Å². The summed E-state index contributed by atoms with van der Waals surface area (Å²) >= 11 is 7.20. The maximum atomic E-state index is 12.4. The molecule has 0 radical (unpaired) electrons. The number of ether oxygens (including phenoxy) is 3. The van der Waals surface area contributed by atoms with Gasteiger partial charge in [0.15, 0.2) is 0 Å². The van der Waals surface area contributed by atoms with E-state index in [2.05, 4.69) is 97.9 Å². The van der Waals surface area contributed by atoms with Crippen molar-refractivity contribution in [2.24, 2.45) is 0 Å². The molecule has 0 aromatic heterocycles. The van der Waals surface area contributed by atoms with Crippen LogP contribution in [-0.2, 0) is 45.1 Å². The fourth-order valence-electron chi connectivity index (χ4n) is 12.6. The Labute approximate surface area is 540 Å². The molecule has 87 heavy (non-hydrogen) atoms. The van der Waals surface area contributed by atoms with Crippen LogP contribution in [0.1, 0.15) is 66.5 Å². The number of halogens is 3. The van der Waals surface area contributed by atoms with E-state index in [1.807, 2.05) is 24.3 Å². The van der Waals surface area contributed by atoms with Crippen molar-refractivity contribution in [1.29, 1.82) is 0 Å². The number of hydrogen-bond acceptors (Lipinski definition) is 19. The van der Waals surface area contributed by atoms with Crippen LogP contribution in [0, 0.1) is 36.0 Å². The van der Waals surface area contributed by atoms with E-state index in [-0.39, 0.29) is 49.9 Å². The van der Waals surface area contributed by atoms with Gasteiger partial charge in [-0.1, -0.05) is 93.2 Å². The van der Waals surface area contributed by atoms with Gasteiger partial charge >= 0.3 is 0 Å². The van der Waals surface area contributed by atoms with Gasteiger partial charge in [-0.3, -0.25) is 0 Å². The van der Waals surface area contributed by atoms with E-state index in [0.29, 0.717) is 37.1 Å². The quantitative estimate of drug-likeness (QED) is 0.0964. The van der Waals surface area contributed by atoms with Crippen LogP contribution in [0.15, 0.2) is 81.7 Å². The Morgan fingerprint density at radius 1 is 0.483 bits per heavy atom. The van der Waals surface area contributed by atoms with Crippen LogP contribution >= 0.6 is 55.8 Å². The Morgan fingerprint density at radius 2 is 0.770 bits per heavy atom. The highest BCUT2D eigenvalue weighted by atomic mass is 127. The number of terminal acetylenes is 1. The zero-order valence-electron chi connectivity index (χ0n) is 46.5. The Bertz CT molecular complexity index is 3370. The number of fused-ring (bicyclic) bond motifs is 10. The van der Waals surface area contributed by atoms with Crippen LogP contribution in [0.25, 0.3) is 22.3 Å². The third kappa shape index (κ3) is 14.1. The molecule has 2 spiro atoms. The van der Waals surface area contributed by atoms with Crippen LogP contribution in [0.3, 0.4) is 0 Å². The summed E-state index contributed by atoms with van der Waals surface area (Å²) in [6.45, 7) is 0.0966. The molecular formula is C61H73Br2IN2O19S2. The van der Waals surface area contributed by atoms with E-state index >= 15 is 0 Å². The van der Waals surface area contributed by atoms with Crippen LogP contribution in [-0.4, -0.2) is 237 Å². The van der Waals surface area contributed by atoms with Gasteiger partial charge in [-0.15, -0.1) is 30.4 Å². The van der Waals surface area contributed by atoms with Gasteiger partial charge in [0.25, 0.3) is 0 Å². The summed E-state index contributed by atoms with van der Waals surface area (Å²) < 4.78 is 69.8. The van der Waals surface area contributed by atoms with E-state index in [1.165, 1.54) is 39.1 Å². The average Bonchev–Trinajstić information content (AvgIpc) is 1.68. The third-order valence-electron chi connectivity index (χ3n) is 17.3. The second-order valence-corrected chi connectivity index (χ2v) is 28.1. The number of nitrogens with zero attached hydrogens (tertiary/aromatic N) is 2. The summed E-state index contributed by atoms with van der Waals surface area (Å²) in [4.78, 5) is 0. The number of hydrogen-bond donors (Lipinski definition) is 12. The molecule has 5 aliphatic heterocycles. The summed E-state index contributed by atoms with van der Waals surface area (Å²) in [7, 11) is -6.55. The second-order valence-electron chi connectivity index (χ2n) is 22.3. The number of benzene rings is 4. The highest BCUT2D eigenvalue weighted by Crippen LogP contribution is 2.56. The van der Waals surface area contributed by atoms with Gasteiger partial charge in [0.05, 0.1) is 32.3 Å². The molecule has 0 unspecified atom stereocenters. The van der Waals surface area contributed by atoms with Crippen molar-refractivity contribution >= 4 is 75.9 Å². The lowest BCUT2D eigenvalue weighted by Crippen LogP contribution is -2.58. The molecule has 12 N–H and O–H groups in total. The van der Waals surface area contributed by atoms with Gasteiger partial charge in [0.1, 0.15) is 91.6 Å². The van der Waals surface area contributed by atoms with Gasteiger partial charge in [0.2, 0.25) is 20.0 Å². The molecule has 5 saturated heterocycles. The lowest BCUT2D eigenvalue weighted by Gasteiger charge is -2.40. The normalized spacial score (nSPS) is 31.1. The third-order valence-corrected chi connectivity index (χ3v) is 20.9. The van der Waals surface area contributed by atoms with Gasteiger partial charge in [0, 0.05) is 57.1 Å². The maximum Gasteiger partial charge on any atom is 0.211 e. The summed E-state index contributed by atoms with van der Waals surface area (Å²) in [6, 6.07) is 24.2. The van der Waals surface area contributed by atoms with E-state index < -0.39 is 137 Å². The fraction of sp³-hybridized carbons (Fsp3) is 0.508. The minimum Gasteiger partial charge on any atom is -0.394 e. The number of piperidine rings is 2. The standard InChI is InChI=1S/C34H39NO12S.C18H17Br2NO2S.C8H12O5.CH4.HI/c1-48(44,45)35-12-10-34(11-13-35)22-14-18(4-8-24-28(38)32(42)30(40)26(16-36)46-24)2-6-20(22)21-7-3-19(15-23(21)34)5-9-25-29(39)33(43)31(41)27(17-37)47-25;1-24(22,23)21-8-6-18(7-9-21)16-10-12(19)2-4-14(16)15-5-3-13(20)11-17(15)18;1-2-4-6(10)8(12)7(11)5(3-9)13-4;;/h2-3,6-7,14-15,24-33,36-43H,10-13,16-17H2,1H3;2-5,10-11H,6-9H2,1H3;1,4-12H,3H2;1H4;1H/t24-,25-,26-,27-,28-,29-,30-,31-,32-,33-;;4-,5-,6-,7-,8-;;/m1.1../s1. The van der Waals surface area contributed by atoms with E-state index in [4.69, 9.17) is 25.7 Å². The van der Waals surface area contributed by atoms with Crippen molar-refractivity contribution in [3.8, 4) is 58.3 Å². The van der Waals surface area contributed by atoms with Gasteiger partial charge < -0.3 is 75.5 Å². The molecule has 5 heterocycles. The summed E-state index contributed by atoms with van der Waals surface area (Å²) in [5.74, 6) is 13.7. The van der Waals surface area contributed by atoms with Crippen LogP contribution < -0.4 is 0 Å². The Balaban J connectivity index is 0.000000228. The first-order chi connectivity index (χ1) is 40.2. The first-order valence-corrected chi connectivity index (χ1v) is 32.7. The molecule has 2 aliphatic carbocycles. The Kier molecular flexibility index (Phi) is 23.3. The molecule has 26 heteroatoms. The van der Waals surface area contributed by atoms with E-state index in [0.717, 1.165) is 44.0 Å². The fourth-order valence-corrected chi connectivity index (χ4v) is 15.0. The predicted molar refractivity (Wildman–Crippen MR) is 338 cm³/mol. The molecule has 5 fully saturated rings.